The molecule has 0 radical (unpaired) electrons. The minimum atomic E-state index is 0.711. The molecule has 0 amide bonds. The molecule has 36 heavy (non-hydrogen) atoms. The Labute approximate surface area is 209 Å². The van der Waals surface area contributed by atoms with E-state index in [2.05, 4.69) is 85.4 Å². The zero-order chi connectivity index (χ0) is 24.5. The number of nitrogens with two attached hydrogens (primary N) is 1. The highest BCUT2D eigenvalue weighted by Gasteiger charge is 2.09. The zero-order valence-electron chi connectivity index (χ0n) is 20.4. The average Bonchev–Trinajstić information content (AvgIpc) is 3.50. The van der Waals surface area contributed by atoms with Gasteiger partial charge < -0.3 is 15.7 Å². The molecule has 0 atom stereocenters. The summed E-state index contributed by atoms with van der Waals surface area (Å²) in [5.41, 5.74) is 13.5. The van der Waals surface area contributed by atoms with Crippen LogP contribution in [0.5, 0.6) is 0 Å². The Morgan fingerprint density at radius 2 is 1.22 bits per heavy atom. The SMILES string of the molecule is CCCc1nc2ncc(-c3ccc4cc(-c5cnc6nc(CCCCN)[nH]c6c5)ccc4c3)cc2[nH]1. The van der Waals surface area contributed by atoms with Gasteiger partial charge in [0, 0.05) is 36.4 Å². The van der Waals surface area contributed by atoms with Gasteiger partial charge in [-0.05, 0) is 72.0 Å². The van der Waals surface area contributed by atoms with Gasteiger partial charge in [0.15, 0.2) is 11.3 Å². The van der Waals surface area contributed by atoms with Crippen LogP contribution in [0, 0.1) is 0 Å². The number of aromatic nitrogens is 6. The third-order valence-corrected chi connectivity index (χ3v) is 6.63. The lowest BCUT2D eigenvalue weighted by atomic mass is 9.99. The minimum Gasteiger partial charge on any atom is -0.341 e. The van der Waals surface area contributed by atoms with Gasteiger partial charge in [-0.25, -0.2) is 19.9 Å². The van der Waals surface area contributed by atoms with Crippen LogP contribution in [0.3, 0.4) is 0 Å². The molecule has 4 heterocycles. The van der Waals surface area contributed by atoms with Gasteiger partial charge in [0.2, 0.25) is 0 Å². The molecule has 0 saturated heterocycles. The lowest BCUT2D eigenvalue weighted by Gasteiger charge is -2.07. The number of unbranched alkanes of at least 4 members (excludes halogenated alkanes) is 1. The van der Waals surface area contributed by atoms with Crippen molar-refractivity contribution in [1.29, 1.82) is 0 Å². The lowest BCUT2D eigenvalue weighted by molar-refractivity contribution is 0.724. The normalized spacial score (nSPS) is 11.7. The van der Waals surface area contributed by atoms with Crippen molar-refractivity contribution in [1.82, 2.24) is 29.9 Å². The lowest BCUT2D eigenvalue weighted by Crippen LogP contribution is -1.99. The van der Waals surface area contributed by atoms with Gasteiger partial charge >= 0.3 is 0 Å². The summed E-state index contributed by atoms with van der Waals surface area (Å²) in [5, 5.41) is 2.37. The number of hydrogen-bond acceptors (Lipinski definition) is 5. The summed E-state index contributed by atoms with van der Waals surface area (Å²) in [6.45, 7) is 2.86. The predicted molar refractivity (Wildman–Crippen MR) is 146 cm³/mol. The predicted octanol–water partition coefficient (Wildman–Crippen LogP) is 5.95. The molecule has 6 rings (SSSR count). The molecule has 7 heteroatoms. The maximum Gasteiger partial charge on any atom is 0.177 e. The van der Waals surface area contributed by atoms with Crippen molar-refractivity contribution in [3.63, 3.8) is 0 Å². The van der Waals surface area contributed by atoms with Gasteiger partial charge in [-0.2, -0.15) is 0 Å². The van der Waals surface area contributed by atoms with E-state index in [1.165, 1.54) is 10.8 Å². The molecule has 2 aromatic carbocycles. The first-order valence-corrected chi connectivity index (χ1v) is 12.6. The second kappa shape index (κ2) is 9.51. The second-order valence-corrected chi connectivity index (χ2v) is 9.33. The summed E-state index contributed by atoms with van der Waals surface area (Å²) in [4.78, 5) is 25.2. The number of H-pyrrole nitrogens is 2. The van der Waals surface area contributed by atoms with E-state index in [1.807, 2.05) is 12.4 Å². The van der Waals surface area contributed by atoms with Gasteiger partial charge in [0.05, 0.1) is 11.0 Å². The highest BCUT2D eigenvalue weighted by Crippen LogP contribution is 2.30. The van der Waals surface area contributed by atoms with E-state index in [0.717, 1.165) is 88.3 Å². The molecule has 0 aliphatic carbocycles. The maximum atomic E-state index is 5.61. The Kier molecular flexibility index (Phi) is 5.91. The van der Waals surface area contributed by atoms with Gasteiger partial charge in [-0.15, -0.1) is 0 Å². The average molecular weight is 476 g/mol. The number of hydrogen-bond donors (Lipinski definition) is 3. The smallest absolute Gasteiger partial charge is 0.177 e. The van der Waals surface area contributed by atoms with Gasteiger partial charge in [0.1, 0.15) is 11.6 Å². The fourth-order valence-electron chi connectivity index (χ4n) is 4.73. The fraction of sp³-hybridized carbons (Fsp3) is 0.241. The molecular weight excluding hydrogens is 446 g/mol. The summed E-state index contributed by atoms with van der Waals surface area (Å²) in [6, 6.07) is 17.4. The highest BCUT2D eigenvalue weighted by molar-refractivity contribution is 5.92. The Balaban J connectivity index is 1.28. The quantitative estimate of drug-likeness (QED) is 0.236. The van der Waals surface area contributed by atoms with Gasteiger partial charge in [-0.1, -0.05) is 31.2 Å². The zero-order valence-corrected chi connectivity index (χ0v) is 20.4. The number of aryl methyl sites for hydroxylation is 2. The van der Waals surface area contributed by atoms with Crippen molar-refractivity contribution in [3.05, 3.63) is 72.6 Å². The van der Waals surface area contributed by atoms with E-state index >= 15 is 0 Å². The molecule has 180 valence electrons. The summed E-state index contributed by atoms with van der Waals surface area (Å²) in [7, 11) is 0. The topological polar surface area (TPSA) is 109 Å². The standard InChI is InChI=1S/C29H29N7/c1-2-5-26-33-24-14-22(16-31-28(24)35-26)20-9-7-19-13-21(10-8-18(19)12-20)23-15-25-29(32-17-23)36-27(34-25)6-3-4-11-30/h7-10,12-17H,2-6,11,30H2,1H3,(H,31,33,35)(H,32,34,36). The molecule has 0 fully saturated rings. The highest BCUT2D eigenvalue weighted by atomic mass is 15.0. The van der Waals surface area contributed by atoms with Crippen LogP contribution in [0.15, 0.2) is 60.9 Å². The first-order chi connectivity index (χ1) is 17.7. The van der Waals surface area contributed by atoms with Gasteiger partial charge in [-0.3, -0.25) is 0 Å². The van der Waals surface area contributed by atoms with Crippen LogP contribution < -0.4 is 5.73 Å². The summed E-state index contributed by atoms with van der Waals surface area (Å²) in [6.07, 6.45) is 8.73. The number of rotatable bonds is 8. The first kappa shape index (κ1) is 22.4. The van der Waals surface area contributed by atoms with E-state index in [-0.39, 0.29) is 0 Å². The molecule has 7 nitrogen and oxygen atoms in total. The third kappa shape index (κ3) is 4.33. The Hall–Kier alpha value is -4.10. The number of benzene rings is 2. The number of aromatic amines is 2. The molecule has 0 aliphatic heterocycles. The summed E-state index contributed by atoms with van der Waals surface area (Å²) < 4.78 is 0. The number of imidazole rings is 2. The van der Waals surface area contributed by atoms with E-state index in [0.29, 0.717) is 6.54 Å². The van der Waals surface area contributed by atoms with Crippen molar-refractivity contribution < 1.29 is 0 Å². The third-order valence-electron chi connectivity index (χ3n) is 6.63. The van der Waals surface area contributed by atoms with E-state index < -0.39 is 0 Å². The van der Waals surface area contributed by atoms with Crippen LogP contribution in [0.1, 0.15) is 37.8 Å². The molecule has 6 aromatic rings. The fourth-order valence-corrected chi connectivity index (χ4v) is 4.73. The van der Waals surface area contributed by atoms with Crippen molar-refractivity contribution in [2.45, 2.75) is 39.0 Å². The molecule has 4 aromatic heterocycles. The van der Waals surface area contributed by atoms with E-state index in [4.69, 9.17) is 5.73 Å². The van der Waals surface area contributed by atoms with E-state index in [9.17, 15) is 0 Å². The number of pyridine rings is 2. The summed E-state index contributed by atoms with van der Waals surface area (Å²) in [5.74, 6) is 1.97. The minimum absolute atomic E-state index is 0.711. The summed E-state index contributed by atoms with van der Waals surface area (Å²) >= 11 is 0. The molecule has 0 bridgehead atoms. The number of nitrogens with one attached hydrogen (secondary N) is 2. The van der Waals surface area contributed by atoms with E-state index in [1.54, 1.807) is 0 Å². The van der Waals surface area contributed by atoms with Crippen LogP contribution >= 0.6 is 0 Å². The Morgan fingerprint density at radius 1 is 0.667 bits per heavy atom. The number of fused-ring (bicyclic) bond motifs is 3. The molecule has 0 spiro atoms. The molecule has 0 unspecified atom stereocenters. The van der Waals surface area contributed by atoms with Crippen LogP contribution in [0.4, 0.5) is 0 Å². The maximum absolute atomic E-state index is 5.61. The molecule has 0 aliphatic rings. The van der Waals surface area contributed by atoms with Crippen molar-refractivity contribution in [3.8, 4) is 22.3 Å². The van der Waals surface area contributed by atoms with Crippen LogP contribution in [0.25, 0.3) is 55.4 Å². The van der Waals surface area contributed by atoms with Gasteiger partial charge in [0.25, 0.3) is 0 Å². The van der Waals surface area contributed by atoms with Crippen LogP contribution in [0.2, 0.25) is 0 Å². The monoisotopic (exact) mass is 475 g/mol. The molecule has 4 N–H and O–H groups in total. The molecule has 0 saturated carbocycles. The molecular formula is C29H29N7. The number of nitrogens with zero attached hydrogens (tertiary/aromatic N) is 4. The Morgan fingerprint density at radius 3 is 1.75 bits per heavy atom. The first-order valence-electron chi connectivity index (χ1n) is 12.6. The van der Waals surface area contributed by atoms with Crippen molar-refractivity contribution >= 4 is 33.1 Å². The second-order valence-electron chi connectivity index (χ2n) is 9.33. The van der Waals surface area contributed by atoms with Crippen LogP contribution in [-0.4, -0.2) is 36.4 Å². The van der Waals surface area contributed by atoms with Crippen molar-refractivity contribution in [2.24, 2.45) is 5.73 Å². The Bertz CT molecular complexity index is 1680. The largest absolute Gasteiger partial charge is 0.341 e. The van der Waals surface area contributed by atoms with Crippen LogP contribution in [-0.2, 0) is 12.8 Å². The van der Waals surface area contributed by atoms with Crippen molar-refractivity contribution in [2.75, 3.05) is 6.54 Å².